The smallest absolute Gasteiger partial charge is 0.338 e. The second-order valence-corrected chi connectivity index (χ2v) is 9.42. The lowest BCUT2D eigenvalue weighted by Crippen LogP contribution is -2.41. The van der Waals surface area contributed by atoms with Crippen LogP contribution in [0.15, 0.2) is 36.4 Å². The van der Waals surface area contributed by atoms with E-state index < -0.39 is 65.9 Å². The molecule has 0 radical (unpaired) electrons. The summed E-state index contributed by atoms with van der Waals surface area (Å²) in [5.74, 6) is -3.31. The molecule has 40 heavy (non-hydrogen) atoms. The minimum Gasteiger partial charge on any atom is -0.338 e. The lowest BCUT2D eigenvalue weighted by Gasteiger charge is -2.18. The molecule has 2 aromatic rings. The van der Waals surface area contributed by atoms with Gasteiger partial charge in [0.1, 0.15) is 6.54 Å². The fourth-order valence-corrected chi connectivity index (χ4v) is 3.96. The van der Waals surface area contributed by atoms with Gasteiger partial charge in [-0.25, -0.2) is 4.79 Å². The van der Waals surface area contributed by atoms with Gasteiger partial charge < -0.3 is 10.6 Å². The molecule has 0 bridgehead atoms. The Balaban J connectivity index is 2.21. The lowest BCUT2D eigenvalue weighted by atomic mass is 9.95. The van der Waals surface area contributed by atoms with Gasteiger partial charge in [-0.1, -0.05) is 59.1 Å². The number of rotatable bonds is 9. The number of carbonyl (C=O) groups excluding carboxylic acids is 2. The summed E-state index contributed by atoms with van der Waals surface area (Å²) < 4.78 is 118. The molecule has 4 nitrogen and oxygen atoms in total. The van der Waals surface area contributed by atoms with Crippen molar-refractivity contribution in [3.05, 3.63) is 73.7 Å². The summed E-state index contributed by atoms with van der Waals surface area (Å²) >= 11 is 17.4. The topological polar surface area (TPSA) is 58.2 Å². The molecule has 1 unspecified atom stereocenters. The quantitative estimate of drug-likeness (QED) is 0.124. The average Bonchev–Trinajstić information content (AvgIpc) is 2.82. The fraction of sp³-hybridized carbons (Fsp3) is 0.333. The number of amides is 2. The first-order valence-corrected chi connectivity index (χ1v) is 12.1. The van der Waals surface area contributed by atoms with Crippen LogP contribution in [0.4, 0.5) is 44.3 Å². The number of hydrogen-bond acceptors (Lipinski definition) is 2. The molecule has 2 amide bonds. The zero-order chi connectivity index (χ0) is 30.5. The molecule has 2 N–H and O–H groups in total. The molecule has 0 spiro atoms. The van der Waals surface area contributed by atoms with Crippen molar-refractivity contribution < 1.29 is 49.1 Å². The first kappa shape index (κ1) is 33.6. The highest BCUT2D eigenvalue weighted by molar-refractivity contribution is 6.48. The van der Waals surface area contributed by atoms with E-state index in [1.54, 1.807) is 0 Å². The Morgan fingerprint density at radius 2 is 1.48 bits per heavy atom. The Hall–Kier alpha value is -2.64. The van der Waals surface area contributed by atoms with E-state index in [9.17, 15) is 49.1 Å². The minimum atomic E-state index is -5.05. The van der Waals surface area contributed by atoms with Crippen LogP contribution >= 0.6 is 34.8 Å². The molecule has 220 valence electrons. The maximum absolute atomic E-state index is 13.7. The van der Waals surface area contributed by atoms with Crippen LogP contribution in [-0.2, 0) is 6.18 Å². The minimum absolute atomic E-state index is 0.174. The number of halogens is 12. The number of Topliss-reactive ketones (excluding diaryl/α,β-unsaturated/α-hetero) is 1. The number of ketones is 1. The summed E-state index contributed by atoms with van der Waals surface area (Å²) in [6.07, 6.45) is -13.9. The Bertz CT molecular complexity index is 1240. The van der Waals surface area contributed by atoms with Crippen LogP contribution in [0.2, 0.25) is 15.1 Å². The summed E-state index contributed by atoms with van der Waals surface area (Å²) in [5.41, 5.74) is -2.88. The summed E-state index contributed by atoms with van der Waals surface area (Å²) in [4.78, 5) is 23.7. The number of allylic oxidation sites excluding steroid dienone is 1. The molecule has 0 fully saturated rings. The van der Waals surface area contributed by atoms with E-state index in [0.29, 0.717) is 12.1 Å². The molecule has 0 aliphatic heterocycles. The van der Waals surface area contributed by atoms with E-state index >= 15 is 0 Å². The first-order chi connectivity index (χ1) is 18.3. The van der Waals surface area contributed by atoms with Gasteiger partial charge in [0.15, 0.2) is 5.78 Å². The number of benzene rings is 2. The van der Waals surface area contributed by atoms with Crippen molar-refractivity contribution in [2.75, 3.05) is 13.1 Å². The van der Waals surface area contributed by atoms with Crippen molar-refractivity contribution in [2.24, 2.45) is 0 Å². The fourth-order valence-electron chi connectivity index (χ4n) is 3.34. The normalized spacial score (nSPS) is 13.4. The number of alkyl halides is 9. The molecule has 0 aliphatic carbocycles. The van der Waals surface area contributed by atoms with Gasteiger partial charge in [-0.05, 0) is 35.7 Å². The maximum atomic E-state index is 13.7. The second-order valence-electron chi connectivity index (χ2n) is 8.23. The summed E-state index contributed by atoms with van der Waals surface area (Å²) in [5, 5.41) is 2.86. The Morgan fingerprint density at radius 1 is 0.875 bits per heavy atom. The third-order valence-corrected chi connectivity index (χ3v) is 6.36. The molecule has 0 aromatic heterocycles. The summed E-state index contributed by atoms with van der Waals surface area (Å²) in [6.45, 7) is -1.91. The van der Waals surface area contributed by atoms with Crippen LogP contribution in [0, 0.1) is 0 Å². The van der Waals surface area contributed by atoms with Crippen molar-refractivity contribution in [3.63, 3.8) is 0 Å². The highest BCUT2D eigenvalue weighted by Crippen LogP contribution is 2.41. The van der Waals surface area contributed by atoms with Crippen molar-refractivity contribution >= 4 is 52.7 Å². The van der Waals surface area contributed by atoms with Crippen molar-refractivity contribution in [1.29, 1.82) is 0 Å². The molecular weight excluding hydrogens is 626 g/mol. The van der Waals surface area contributed by atoms with Crippen molar-refractivity contribution in [3.8, 4) is 0 Å². The predicted molar refractivity (Wildman–Crippen MR) is 132 cm³/mol. The number of urea groups is 1. The van der Waals surface area contributed by atoms with E-state index in [1.165, 1.54) is 5.32 Å². The number of nitrogens with one attached hydrogen (secondary N) is 2. The van der Waals surface area contributed by atoms with Gasteiger partial charge in [0.2, 0.25) is 0 Å². The molecule has 2 aromatic carbocycles. The predicted octanol–water partition coefficient (Wildman–Crippen LogP) is 8.85. The van der Waals surface area contributed by atoms with E-state index in [4.69, 9.17) is 34.8 Å². The summed E-state index contributed by atoms with van der Waals surface area (Å²) in [7, 11) is 0. The molecule has 16 heteroatoms. The van der Waals surface area contributed by atoms with Gasteiger partial charge in [-0.2, -0.15) is 39.5 Å². The van der Waals surface area contributed by atoms with Gasteiger partial charge >= 0.3 is 24.6 Å². The first-order valence-electron chi connectivity index (χ1n) is 11.0. The largest absolute Gasteiger partial charge is 0.417 e. The standard InChI is InChI=1S/C24H18Cl3F9N2O2/c25-17-9-13(10-18(26)20(17)27)15(23(31,32)33)6-4-12-3-5-14(16(8-12)24(34,35)36)19(39)2-1-7-37-21(40)38-11-22(28,29)30/h3-6,8-10,15H,1-2,7,11H2,(H2,37,38,40)/b6-4+. The van der Waals surface area contributed by atoms with Crippen LogP contribution in [0.3, 0.4) is 0 Å². The Labute approximate surface area is 236 Å². The van der Waals surface area contributed by atoms with E-state index in [2.05, 4.69) is 0 Å². The van der Waals surface area contributed by atoms with Gasteiger partial charge in [-0.15, -0.1) is 0 Å². The second kappa shape index (κ2) is 13.3. The summed E-state index contributed by atoms with van der Waals surface area (Å²) in [6, 6.07) is 2.98. The monoisotopic (exact) mass is 642 g/mol. The molecule has 0 saturated carbocycles. The molecule has 0 aliphatic rings. The molecule has 2 rings (SSSR count). The maximum Gasteiger partial charge on any atom is 0.417 e. The zero-order valence-corrected chi connectivity index (χ0v) is 22.1. The average molecular weight is 644 g/mol. The highest BCUT2D eigenvalue weighted by atomic mass is 35.5. The van der Waals surface area contributed by atoms with Crippen molar-refractivity contribution in [1.82, 2.24) is 10.6 Å². The van der Waals surface area contributed by atoms with Gasteiger partial charge in [0.05, 0.1) is 26.5 Å². The van der Waals surface area contributed by atoms with E-state index in [1.807, 2.05) is 5.32 Å². The van der Waals surface area contributed by atoms with E-state index in [0.717, 1.165) is 30.3 Å². The highest BCUT2D eigenvalue weighted by Gasteiger charge is 2.40. The lowest BCUT2D eigenvalue weighted by molar-refractivity contribution is -0.139. The molecule has 0 saturated heterocycles. The molecule has 0 heterocycles. The third kappa shape index (κ3) is 10.1. The van der Waals surface area contributed by atoms with Crippen LogP contribution in [0.25, 0.3) is 6.08 Å². The van der Waals surface area contributed by atoms with E-state index in [-0.39, 0.29) is 33.6 Å². The SMILES string of the molecule is O=C(NCCCC(=O)c1ccc(/C=C/C(c2cc(Cl)c(Cl)c(Cl)c2)C(F)(F)F)cc1C(F)(F)F)NCC(F)(F)F. The third-order valence-electron chi connectivity index (χ3n) is 5.16. The van der Waals surface area contributed by atoms with Gasteiger partial charge in [0.25, 0.3) is 0 Å². The van der Waals surface area contributed by atoms with Crippen LogP contribution in [-0.4, -0.2) is 37.3 Å². The Morgan fingerprint density at radius 3 is 2.00 bits per heavy atom. The zero-order valence-electron chi connectivity index (χ0n) is 19.8. The molecular formula is C24H18Cl3F9N2O2. The van der Waals surface area contributed by atoms with Gasteiger partial charge in [-0.3, -0.25) is 4.79 Å². The Kier molecular flexibility index (Phi) is 11.2. The number of carbonyl (C=O) groups is 2. The molecule has 1 atom stereocenters. The van der Waals surface area contributed by atoms with Crippen LogP contribution in [0.5, 0.6) is 0 Å². The van der Waals surface area contributed by atoms with Crippen LogP contribution in [0.1, 0.15) is 45.8 Å². The number of hydrogen-bond donors (Lipinski definition) is 2. The van der Waals surface area contributed by atoms with Crippen molar-refractivity contribution in [2.45, 2.75) is 37.3 Å². The van der Waals surface area contributed by atoms with Crippen LogP contribution < -0.4 is 10.6 Å². The van der Waals surface area contributed by atoms with Gasteiger partial charge in [0, 0.05) is 18.5 Å².